The van der Waals surface area contributed by atoms with Crippen molar-refractivity contribution in [3.8, 4) is 5.75 Å². The average molecular weight is 677 g/mol. The van der Waals surface area contributed by atoms with Gasteiger partial charge in [-0.25, -0.2) is 8.42 Å². The van der Waals surface area contributed by atoms with Gasteiger partial charge in [-0.3, -0.25) is 14.3 Å². The van der Waals surface area contributed by atoms with Crippen molar-refractivity contribution >= 4 is 27.5 Å². The van der Waals surface area contributed by atoms with Crippen LogP contribution in [0.1, 0.15) is 93.9 Å². The molecule has 2 heterocycles. The van der Waals surface area contributed by atoms with E-state index in [9.17, 15) is 23.1 Å². The Bertz CT molecular complexity index is 1450. The number of fused-ring (bicyclic) bond motifs is 1. The normalized spacial score (nSPS) is 22.9. The number of sulfonamides is 1. The number of anilines is 1. The second-order valence-electron chi connectivity index (χ2n) is 13.3. The molecule has 262 valence electrons. The molecule has 0 bridgehead atoms. The molecule has 0 saturated heterocycles. The Balaban J connectivity index is 1.65. The Kier molecular flexibility index (Phi) is 12.7. The summed E-state index contributed by atoms with van der Waals surface area (Å²) in [6.45, 7) is 9.62. The number of aliphatic hydroxyl groups is 1. The van der Waals surface area contributed by atoms with Crippen LogP contribution < -0.4 is 9.46 Å². The highest BCUT2D eigenvalue weighted by atomic mass is 32.2. The van der Waals surface area contributed by atoms with Gasteiger partial charge in [0.05, 0.1) is 30.4 Å². The molecule has 13 heteroatoms. The highest BCUT2D eigenvalue weighted by molar-refractivity contribution is 7.92. The van der Waals surface area contributed by atoms with Crippen LogP contribution in [0.3, 0.4) is 0 Å². The van der Waals surface area contributed by atoms with Crippen LogP contribution in [0, 0.1) is 25.7 Å². The third kappa shape index (κ3) is 9.26. The fraction of sp³-hybridized carbons (Fsp3) is 0.676. The first-order valence-corrected chi connectivity index (χ1v) is 18.4. The van der Waals surface area contributed by atoms with E-state index >= 15 is 0 Å². The molecular formula is C34H52N4O8S. The summed E-state index contributed by atoms with van der Waals surface area (Å²) < 4.78 is 46.9. The van der Waals surface area contributed by atoms with E-state index in [1.807, 2.05) is 20.9 Å². The lowest BCUT2D eigenvalue weighted by atomic mass is 9.88. The molecule has 47 heavy (non-hydrogen) atoms. The van der Waals surface area contributed by atoms with Crippen molar-refractivity contribution in [2.24, 2.45) is 11.8 Å². The maximum atomic E-state index is 14.4. The van der Waals surface area contributed by atoms with E-state index in [4.69, 9.17) is 14.0 Å². The van der Waals surface area contributed by atoms with Crippen molar-refractivity contribution in [1.82, 2.24) is 15.0 Å². The number of ether oxygens (including phenoxy) is 2. The van der Waals surface area contributed by atoms with Gasteiger partial charge in [-0.15, -0.1) is 0 Å². The predicted molar refractivity (Wildman–Crippen MR) is 178 cm³/mol. The van der Waals surface area contributed by atoms with Crippen molar-refractivity contribution in [2.45, 2.75) is 109 Å². The fourth-order valence-corrected chi connectivity index (χ4v) is 7.92. The molecular weight excluding hydrogens is 624 g/mol. The van der Waals surface area contributed by atoms with Crippen LogP contribution in [0.4, 0.5) is 5.69 Å². The highest BCUT2D eigenvalue weighted by Crippen LogP contribution is 2.31. The first-order chi connectivity index (χ1) is 22.3. The van der Waals surface area contributed by atoms with Gasteiger partial charge in [-0.1, -0.05) is 31.3 Å². The molecule has 1 aliphatic carbocycles. The predicted octanol–water partition coefficient (Wildman–Crippen LogP) is 4.93. The Morgan fingerprint density at radius 2 is 1.83 bits per heavy atom. The molecule has 2 amide bonds. The summed E-state index contributed by atoms with van der Waals surface area (Å²) in [5.41, 5.74) is 0.562. The summed E-state index contributed by atoms with van der Waals surface area (Å²) in [7, 11) is -2.24. The Morgan fingerprint density at radius 3 is 2.49 bits per heavy atom. The zero-order valence-electron chi connectivity index (χ0n) is 28.7. The number of carbonyl (C=O) groups excluding carboxylic acids is 2. The summed E-state index contributed by atoms with van der Waals surface area (Å²) in [5, 5.41) is 14.0. The Morgan fingerprint density at radius 1 is 1.13 bits per heavy atom. The standard InChI is InChI=1S/C34H52N4O8S/c1-22-19-38(23(2)21-39)34(41)29-18-28(36-47(42,43)32-25(4)35-46-26(32)5)15-16-30(29)45-24(3)12-10-11-17-44-31(22)20-37(6)33(40)27-13-8-7-9-14-27/h15-16,18,22-24,27,31,36,39H,7-14,17,19-21H2,1-6H3/t22-,23+,24+,31+/m0/s1. The van der Waals surface area contributed by atoms with Crippen LogP contribution in [0.5, 0.6) is 5.75 Å². The lowest BCUT2D eigenvalue weighted by Gasteiger charge is -2.36. The lowest BCUT2D eigenvalue weighted by Crippen LogP contribution is -2.48. The van der Waals surface area contributed by atoms with E-state index in [0.29, 0.717) is 25.3 Å². The molecule has 2 aromatic rings. The number of rotatable bonds is 8. The fourth-order valence-electron chi connectivity index (χ4n) is 6.53. The number of aryl methyl sites for hydroxylation is 2. The van der Waals surface area contributed by atoms with E-state index in [1.165, 1.54) is 19.4 Å². The first-order valence-electron chi connectivity index (χ1n) is 16.9. The molecule has 4 rings (SSSR count). The Labute approximate surface area is 279 Å². The number of benzene rings is 1. The monoisotopic (exact) mass is 676 g/mol. The van der Waals surface area contributed by atoms with Gasteiger partial charge in [0.2, 0.25) is 5.91 Å². The Hall–Kier alpha value is -3.16. The smallest absolute Gasteiger partial charge is 0.267 e. The number of amides is 2. The number of nitrogens with zero attached hydrogens (tertiary/aromatic N) is 3. The number of aromatic nitrogens is 1. The molecule has 0 unspecified atom stereocenters. The van der Waals surface area contributed by atoms with Crippen LogP contribution in [-0.4, -0.2) is 91.9 Å². The van der Waals surface area contributed by atoms with Gasteiger partial charge in [0.15, 0.2) is 10.7 Å². The number of nitrogens with one attached hydrogen (secondary N) is 1. The van der Waals surface area contributed by atoms with Gasteiger partial charge in [-0.2, -0.15) is 0 Å². The molecule has 1 aliphatic heterocycles. The molecule has 4 atom stereocenters. The number of hydrogen-bond donors (Lipinski definition) is 2. The number of carbonyl (C=O) groups is 2. The third-order valence-corrected chi connectivity index (χ3v) is 10.9. The molecule has 1 fully saturated rings. The maximum absolute atomic E-state index is 14.4. The topological polar surface area (TPSA) is 152 Å². The summed E-state index contributed by atoms with van der Waals surface area (Å²) in [4.78, 5) is 31.0. The maximum Gasteiger partial charge on any atom is 0.267 e. The van der Waals surface area contributed by atoms with Gasteiger partial charge in [0, 0.05) is 44.3 Å². The molecule has 12 nitrogen and oxygen atoms in total. The third-order valence-electron chi connectivity index (χ3n) is 9.32. The van der Waals surface area contributed by atoms with E-state index < -0.39 is 22.0 Å². The van der Waals surface area contributed by atoms with Crippen molar-refractivity contribution in [3.63, 3.8) is 0 Å². The SMILES string of the molecule is Cc1noc(C)c1S(=O)(=O)Nc1ccc2c(c1)C(=O)N([C@H](C)CO)C[C@H](C)[C@@H](CN(C)C(=O)C1CCCCC1)OCCCC[C@@H](C)O2. The van der Waals surface area contributed by atoms with Gasteiger partial charge >= 0.3 is 0 Å². The van der Waals surface area contributed by atoms with E-state index in [1.54, 1.807) is 35.8 Å². The van der Waals surface area contributed by atoms with Gasteiger partial charge in [-0.05, 0) is 78.0 Å². The molecule has 0 spiro atoms. The van der Waals surface area contributed by atoms with Crippen LogP contribution in [0.2, 0.25) is 0 Å². The van der Waals surface area contributed by atoms with E-state index in [-0.39, 0.29) is 70.7 Å². The molecule has 2 N–H and O–H groups in total. The van der Waals surface area contributed by atoms with Crippen molar-refractivity contribution in [3.05, 3.63) is 35.2 Å². The number of hydrogen-bond acceptors (Lipinski definition) is 9. The van der Waals surface area contributed by atoms with Crippen LogP contribution in [-0.2, 0) is 19.6 Å². The van der Waals surface area contributed by atoms with Gasteiger partial charge in [0.25, 0.3) is 15.9 Å². The van der Waals surface area contributed by atoms with Crippen LogP contribution in [0.15, 0.2) is 27.6 Å². The molecule has 1 aromatic carbocycles. The second kappa shape index (κ2) is 16.3. The molecule has 0 radical (unpaired) electrons. The first kappa shape index (κ1) is 36.7. The van der Waals surface area contributed by atoms with Crippen molar-refractivity contribution in [1.29, 1.82) is 0 Å². The summed E-state index contributed by atoms with van der Waals surface area (Å²) >= 11 is 0. The van der Waals surface area contributed by atoms with Crippen molar-refractivity contribution < 1.29 is 37.1 Å². The minimum atomic E-state index is -4.07. The summed E-state index contributed by atoms with van der Waals surface area (Å²) in [6.07, 6.45) is 6.94. The second-order valence-corrected chi connectivity index (χ2v) is 14.9. The van der Waals surface area contributed by atoms with Crippen molar-refractivity contribution in [2.75, 3.05) is 38.1 Å². The van der Waals surface area contributed by atoms with E-state index in [2.05, 4.69) is 9.88 Å². The van der Waals surface area contributed by atoms with Gasteiger partial charge < -0.3 is 28.9 Å². The number of aliphatic hydroxyl groups excluding tert-OH is 1. The quantitative estimate of drug-likeness (QED) is 0.397. The highest BCUT2D eigenvalue weighted by Gasteiger charge is 2.33. The van der Waals surface area contributed by atoms with E-state index in [0.717, 1.165) is 38.5 Å². The zero-order valence-corrected chi connectivity index (χ0v) is 29.5. The van der Waals surface area contributed by atoms with Crippen LogP contribution in [0.25, 0.3) is 0 Å². The lowest BCUT2D eigenvalue weighted by molar-refractivity contribution is -0.137. The largest absolute Gasteiger partial charge is 0.490 e. The summed E-state index contributed by atoms with van der Waals surface area (Å²) in [6, 6.07) is 4.07. The minimum Gasteiger partial charge on any atom is -0.490 e. The molecule has 1 saturated carbocycles. The van der Waals surface area contributed by atoms with Crippen LogP contribution >= 0.6 is 0 Å². The van der Waals surface area contributed by atoms with Gasteiger partial charge in [0.1, 0.15) is 11.4 Å². The molecule has 1 aromatic heterocycles. The number of likely N-dealkylation sites (N-methyl/N-ethyl adjacent to an activating group) is 1. The molecule has 2 aliphatic rings. The summed E-state index contributed by atoms with van der Waals surface area (Å²) in [5.74, 6) is 0.0540. The zero-order chi connectivity index (χ0) is 34.3. The average Bonchev–Trinajstić information content (AvgIpc) is 3.40. The minimum absolute atomic E-state index is 0.0391.